The van der Waals surface area contributed by atoms with E-state index in [1.165, 1.54) is 11.1 Å². The Balaban J connectivity index is 2.11. The normalized spacial score (nSPS) is 19.1. The van der Waals surface area contributed by atoms with Crippen molar-refractivity contribution in [1.82, 2.24) is 9.88 Å². The first-order valence-electron chi connectivity index (χ1n) is 5.87. The third-order valence-electron chi connectivity index (χ3n) is 3.14. The summed E-state index contributed by atoms with van der Waals surface area (Å²) in [4.78, 5) is 18.3. The van der Waals surface area contributed by atoms with Gasteiger partial charge in [-0.1, -0.05) is 0 Å². The fraction of sp³-hybridized carbons (Fsp3) is 0.417. The van der Waals surface area contributed by atoms with Gasteiger partial charge in [0.2, 0.25) is 0 Å². The number of nitrogens with zero attached hydrogens (tertiary/aromatic N) is 4. The summed E-state index contributed by atoms with van der Waals surface area (Å²) >= 11 is 0. The Morgan fingerprint density at radius 1 is 1.53 bits per heavy atom. The maximum atomic E-state index is 11.0. The van der Waals surface area contributed by atoms with Crippen molar-refractivity contribution in [3.05, 3.63) is 23.9 Å². The van der Waals surface area contributed by atoms with Gasteiger partial charge in [0.05, 0.1) is 18.2 Å². The first-order valence-corrected chi connectivity index (χ1v) is 5.87. The van der Waals surface area contributed by atoms with Crippen LogP contribution < -0.4 is 4.90 Å². The number of carboxylic acid groups (broad SMARTS) is 1. The van der Waals surface area contributed by atoms with Gasteiger partial charge in [-0.05, 0) is 12.1 Å². The first-order chi connectivity index (χ1) is 9.15. The molecule has 0 saturated carbocycles. The average molecular weight is 262 g/mol. The number of aliphatic hydroxyl groups excluding tert-OH is 1. The lowest BCUT2D eigenvalue weighted by atomic mass is 10.2. The number of amides is 1. The predicted octanol–water partition coefficient (Wildman–Crippen LogP) is 0.114. The van der Waals surface area contributed by atoms with Crippen molar-refractivity contribution in [2.45, 2.75) is 6.04 Å². The molecule has 0 bridgehead atoms. The van der Waals surface area contributed by atoms with Gasteiger partial charge in [0.15, 0.2) is 0 Å². The standard InChI is InChI=1S/C12H14N4O3/c13-5-9-1-2-11(14-6-9)15-3-4-16(12(18)19)10(7-15)8-17/h1-2,6,10,17H,3-4,7-8H2,(H,18,19). The van der Waals surface area contributed by atoms with E-state index in [4.69, 9.17) is 10.4 Å². The van der Waals surface area contributed by atoms with Gasteiger partial charge in [-0.15, -0.1) is 0 Å². The van der Waals surface area contributed by atoms with Gasteiger partial charge in [0, 0.05) is 25.8 Å². The number of hydrogen-bond acceptors (Lipinski definition) is 5. The van der Waals surface area contributed by atoms with E-state index in [0.717, 1.165) is 0 Å². The van der Waals surface area contributed by atoms with Crippen molar-refractivity contribution in [3.8, 4) is 6.07 Å². The number of carbonyl (C=O) groups is 1. The van der Waals surface area contributed by atoms with Crippen LogP contribution in [-0.4, -0.2) is 58.5 Å². The molecule has 100 valence electrons. The van der Waals surface area contributed by atoms with Gasteiger partial charge in [-0.3, -0.25) is 4.90 Å². The number of anilines is 1. The Labute approximate surface area is 110 Å². The smallest absolute Gasteiger partial charge is 0.407 e. The highest BCUT2D eigenvalue weighted by atomic mass is 16.4. The topological polar surface area (TPSA) is 101 Å². The third-order valence-corrected chi connectivity index (χ3v) is 3.14. The lowest BCUT2D eigenvalue weighted by Crippen LogP contribution is -2.56. The predicted molar refractivity (Wildman–Crippen MR) is 66.8 cm³/mol. The van der Waals surface area contributed by atoms with Crippen LogP contribution in [0.4, 0.5) is 10.6 Å². The van der Waals surface area contributed by atoms with E-state index in [-0.39, 0.29) is 6.61 Å². The van der Waals surface area contributed by atoms with E-state index in [1.807, 2.05) is 11.0 Å². The van der Waals surface area contributed by atoms with Gasteiger partial charge in [-0.25, -0.2) is 9.78 Å². The summed E-state index contributed by atoms with van der Waals surface area (Å²) < 4.78 is 0. The molecule has 19 heavy (non-hydrogen) atoms. The molecule has 2 heterocycles. The fourth-order valence-electron chi connectivity index (χ4n) is 2.11. The fourth-order valence-corrected chi connectivity index (χ4v) is 2.11. The molecule has 1 aliphatic heterocycles. The summed E-state index contributed by atoms with van der Waals surface area (Å²) in [6.45, 7) is 1.00. The second kappa shape index (κ2) is 5.54. The van der Waals surface area contributed by atoms with Crippen LogP contribution in [0.5, 0.6) is 0 Å². The van der Waals surface area contributed by atoms with Crippen molar-refractivity contribution >= 4 is 11.9 Å². The third kappa shape index (κ3) is 2.74. The molecule has 2 rings (SSSR count). The largest absolute Gasteiger partial charge is 0.465 e. The minimum atomic E-state index is -1.02. The molecule has 1 aromatic rings. The second-order valence-corrected chi connectivity index (χ2v) is 4.28. The van der Waals surface area contributed by atoms with Gasteiger partial charge in [-0.2, -0.15) is 5.26 Å². The van der Waals surface area contributed by atoms with Gasteiger partial charge < -0.3 is 15.1 Å². The molecule has 0 aliphatic carbocycles. The van der Waals surface area contributed by atoms with Gasteiger partial charge in [0.1, 0.15) is 11.9 Å². The summed E-state index contributed by atoms with van der Waals surface area (Å²) in [6.07, 6.45) is 0.457. The Kier molecular flexibility index (Phi) is 3.82. The molecule has 2 N–H and O–H groups in total. The van der Waals surface area contributed by atoms with Crippen LogP contribution >= 0.6 is 0 Å². The van der Waals surface area contributed by atoms with E-state index in [0.29, 0.717) is 31.0 Å². The van der Waals surface area contributed by atoms with Crippen LogP contribution in [-0.2, 0) is 0 Å². The van der Waals surface area contributed by atoms with Crippen molar-refractivity contribution in [1.29, 1.82) is 5.26 Å². The summed E-state index contributed by atoms with van der Waals surface area (Å²) in [5.41, 5.74) is 0.478. The highest BCUT2D eigenvalue weighted by molar-refractivity contribution is 5.66. The minimum absolute atomic E-state index is 0.223. The molecule has 7 nitrogen and oxygen atoms in total. The zero-order valence-corrected chi connectivity index (χ0v) is 10.2. The van der Waals surface area contributed by atoms with Crippen molar-refractivity contribution in [3.63, 3.8) is 0 Å². The SMILES string of the molecule is N#Cc1ccc(N2CCN(C(=O)O)C(CO)C2)nc1. The maximum Gasteiger partial charge on any atom is 0.407 e. The number of pyridine rings is 1. The lowest BCUT2D eigenvalue weighted by Gasteiger charge is -2.39. The van der Waals surface area contributed by atoms with Crippen molar-refractivity contribution < 1.29 is 15.0 Å². The van der Waals surface area contributed by atoms with Crippen LogP contribution in [0, 0.1) is 11.3 Å². The number of aromatic nitrogens is 1. The Morgan fingerprint density at radius 3 is 2.84 bits per heavy atom. The summed E-state index contributed by atoms with van der Waals surface area (Å²) in [5.74, 6) is 0.683. The van der Waals surface area contributed by atoms with Crippen molar-refractivity contribution in [2.75, 3.05) is 31.1 Å². The van der Waals surface area contributed by atoms with Crippen molar-refractivity contribution in [2.24, 2.45) is 0 Å². The zero-order valence-electron chi connectivity index (χ0n) is 10.2. The highest BCUT2D eigenvalue weighted by Gasteiger charge is 2.30. The second-order valence-electron chi connectivity index (χ2n) is 4.28. The van der Waals surface area contributed by atoms with Gasteiger partial charge in [0.25, 0.3) is 0 Å². The van der Waals surface area contributed by atoms with Crippen LogP contribution in [0.1, 0.15) is 5.56 Å². The summed E-state index contributed by atoms with van der Waals surface area (Å²) in [5, 5.41) is 27.0. The summed E-state index contributed by atoms with van der Waals surface area (Å²) in [6, 6.07) is 4.93. The molecule has 1 fully saturated rings. The van der Waals surface area contributed by atoms with E-state index in [9.17, 15) is 9.90 Å². The quantitative estimate of drug-likeness (QED) is 0.784. The molecule has 1 aromatic heterocycles. The zero-order chi connectivity index (χ0) is 13.8. The van der Waals surface area contributed by atoms with E-state index < -0.39 is 12.1 Å². The minimum Gasteiger partial charge on any atom is -0.465 e. The Hall–Kier alpha value is -2.33. The molecule has 0 aromatic carbocycles. The molecule has 0 radical (unpaired) electrons. The molecule has 7 heteroatoms. The monoisotopic (exact) mass is 262 g/mol. The van der Waals surface area contributed by atoms with Crippen LogP contribution in [0.3, 0.4) is 0 Å². The van der Waals surface area contributed by atoms with E-state index in [2.05, 4.69) is 4.98 Å². The molecule has 0 spiro atoms. The molecular weight excluding hydrogens is 248 g/mol. The number of aliphatic hydroxyl groups is 1. The van der Waals surface area contributed by atoms with E-state index in [1.54, 1.807) is 12.1 Å². The number of hydrogen-bond donors (Lipinski definition) is 2. The molecule has 1 saturated heterocycles. The number of piperazine rings is 1. The van der Waals surface area contributed by atoms with Crippen LogP contribution in [0.2, 0.25) is 0 Å². The molecule has 1 unspecified atom stereocenters. The van der Waals surface area contributed by atoms with Crippen LogP contribution in [0.15, 0.2) is 18.3 Å². The number of rotatable bonds is 2. The van der Waals surface area contributed by atoms with Crippen LogP contribution in [0.25, 0.3) is 0 Å². The average Bonchev–Trinajstić information content (AvgIpc) is 2.46. The first kappa shape index (κ1) is 13.1. The summed E-state index contributed by atoms with van der Waals surface area (Å²) in [7, 11) is 0. The number of nitriles is 1. The Morgan fingerprint density at radius 2 is 2.32 bits per heavy atom. The molecule has 1 aliphatic rings. The molecule has 1 amide bonds. The lowest BCUT2D eigenvalue weighted by molar-refractivity contribution is 0.0909. The highest BCUT2D eigenvalue weighted by Crippen LogP contribution is 2.17. The maximum absolute atomic E-state index is 11.0. The molecule has 1 atom stereocenters. The molecular formula is C12H14N4O3. The van der Waals surface area contributed by atoms with E-state index >= 15 is 0 Å². The Bertz CT molecular complexity index is 497. The van der Waals surface area contributed by atoms with Gasteiger partial charge >= 0.3 is 6.09 Å².